The van der Waals surface area contributed by atoms with E-state index in [1.54, 1.807) is 0 Å². The third kappa shape index (κ3) is 4.63. The number of fused-ring (bicyclic) bond motifs is 1. The van der Waals surface area contributed by atoms with Crippen LogP contribution in [0.4, 0.5) is 0 Å². The van der Waals surface area contributed by atoms with Gasteiger partial charge in [0.2, 0.25) is 0 Å². The number of hydrogen-bond acceptors (Lipinski definition) is 7. The number of ether oxygens (including phenoxy) is 3. The first-order valence-electron chi connectivity index (χ1n) is 9.42. The molecule has 0 aromatic carbocycles. The van der Waals surface area contributed by atoms with E-state index in [0.717, 1.165) is 5.57 Å². The zero-order valence-corrected chi connectivity index (χ0v) is 17.0. The van der Waals surface area contributed by atoms with Gasteiger partial charge in [-0.05, 0) is 29.7 Å². The molecule has 0 radical (unpaired) electrons. The Bertz CT molecular complexity index is 682. The normalized spacial score (nSPS) is 33.9. The third-order valence-corrected chi connectivity index (χ3v) is 6.02. The first kappa shape index (κ1) is 22.1. The maximum absolute atomic E-state index is 11.4. The van der Waals surface area contributed by atoms with Gasteiger partial charge in [0.25, 0.3) is 0 Å². The maximum atomic E-state index is 11.4. The van der Waals surface area contributed by atoms with Crippen molar-refractivity contribution in [2.45, 2.75) is 40.2 Å². The van der Waals surface area contributed by atoms with E-state index >= 15 is 0 Å². The molecular weight excluding hydrogens is 364 g/mol. The number of carbonyl (C=O) groups excluding carboxylic acids is 3. The number of esters is 3. The van der Waals surface area contributed by atoms with Gasteiger partial charge in [0.15, 0.2) is 0 Å². The quantitative estimate of drug-likeness (QED) is 0.401. The second-order valence-corrected chi connectivity index (χ2v) is 8.14. The van der Waals surface area contributed by atoms with Gasteiger partial charge >= 0.3 is 17.9 Å². The van der Waals surface area contributed by atoms with Crippen LogP contribution in [0.5, 0.6) is 0 Å². The van der Waals surface area contributed by atoms with E-state index in [2.05, 4.69) is 13.2 Å². The predicted molar refractivity (Wildman–Crippen MR) is 101 cm³/mol. The van der Waals surface area contributed by atoms with Crippen LogP contribution in [-0.4, -0.2) is 48.9 Å². The highest BCUT2D eigenvalue weighted by molar-refractivity contribution is 5.66. The number of rotatable bonds is 7. The van der Waals surface area contributed by atoms with E-state index in [1.807, 2.05) is 6.92 Å². The van der Waals surface area contributed by atoms with Gasteiger partial charge in [-0.15, -0.1) is 0 Å². The van der Waals surface area contributed by atoms with Gasteiger partial charge in [0, 0.05) is 32.1 Å². The summed E-state index contributed by atoms with van der Waals surface area (Å²) in [6.45, 7) is 14.5. The average Bonchev–Trinajstić information content (AvgIpc) is 3.21. The molecule has 2 aliphatic carbocycles. The summed E-state index contributed by atoms with van der Waals surface area (Å²) in [5.41, 5.74) is 0.998. The van der Waals surface area contributed by atoms with Gasteiger partial charge in [-0.1, -0.05) is 25.7 Å². The zero-order valence-electron chi connectivity index (χ0n) is 17.0. The van der Waals surface area contributed by atoms with E-state index in [1.165, 1.54) is 20.8 Å². The minimum atomic E-state index is -0.649. The van der Waals surface area contributed by atoms with Gasteiger partial charge in [-0.25, -0.2) is 0 Å². The Kier molecular flexibility index (Phi) is 6.70. The van der Waals surface area contributed by atoms with Gasteiger partial charge in [0.1, 0.15) is 6.61 Å². The molecule has 0 unspecified atom stereocenters. The lowest BCUT2D eigenvalue weighted by atomic mass is 9.77. The molecule has 0 spiro atoms. The molecule has 0 amide bonds. The van der Waals surface area contributed by atoms with Crippen molar-refractivity contribution in [2.24, 2.45) is 29.1 Å². The first-order chi connectivity index (χ1) is 13.0. The minimum absolute atomic E-state index is 0.0345. The fourth-order valence-corrected chi connectivity index (χ4v) is 4.71. The van der Waals surface area contributed by atoms with E-state index in [-0.39, 0.29) is 49.5 Å². The molecule has 0 aliphatic heterocycles. The Morgan fingerprint density at radius 2 is 1.64 bits per heavy atom. The maximum Gasteiger partial charge on any atom is 0.302 e. The fourth-order valence-electron chi connectivity index (χ4n) is 4.71. The molecule has 7 heteroatoms. The Labute approximate surface area is 165 Å². The molecule has 7 nitrogen and oxygen atoms in total. The van der Waals surface area contributed by atoms with Crippen molar-refractivity contribution in [1.29, 1.82) is 0 Å². The molecule has 0 heterocycles. The van der Waals surface area contributed by atoms with Crippen LogP contribution in [0.3, 0.4) is 0 Å². The Morgan fingerprint density at radius 1 is 1.07 bits per heavy atom. The third-order valence-electron chi connectivity index (χ3n) is 6.02. The average molecular weight is 394 g/mol. The van der Waals surface area contributed by atoms with Gasteiger partial charge in [-0.3, -0.25) is 14.4 Å². The van der Waals surface area contributed by atoms with Crippen LogP contribution in [-0.2, 0) is 28.6 Å². The molecule has 28 heavy (non-hydrogen) atoms. The largest absolute Gasteiger partial charge is 0.465 e. The molecule has 0 saturated heterocycles. The predicted octanol–water partition coefficient (Wildman–Crippen LogP) is 2.04. The van der Waals surface area contributed by atoms with E-state index in [9.17, 15) is 19.5 Å². The molecule has 0 bridgehead atoms. The summed E-state index contributed by atoms with van der Waals surface area (Å²) in [4.78, 5) is 34.0. The van der Waals surface area contributed by atoms with Crippen molar-refractivity contribution in [3.05, 3.63) is 24.3 Å². The lowest BCUT2D eigenvalue weighted by Crippen LogP contribution is -2.30. The van der Waals surface area contributed by atoms with Crippen molar-refractivity contribution in [2.75, 3.05) is 19.8 Å². The standard InChI is InChI=1S/C21H30O7/c1-11-7-17(25)19-20(21(19,6)10-28-15(5)24)18(12(2)8-26-13(3)22)16(11)9-27-14(4)23/h16-20,25H,1-2,7-10H2,3-6H3/t16-,17+,18-,19-,20+,21+/m0/s1. The molecule has 2 saturated carbocycles. The summed E-state index contributed by atoms with van der Waals surface area (Å²) >= 11 is 0. The smallest absolute Gasteiger partial charge is 0.302 e. The summed E-state index contributed by atoms with van der Waals surface area (Å²) in [6, 6.07) is 0. The molecular formula is C21H30O7. The number of carbonyl (C=O) groups is 3. The van der Waals surface area contributed by atoms with Crippen LogP contribution in [0.2, 0.25) is 0 Å². The number of aliphatic hydroxyl groups is 1. The molecule has 156 valence electrons. The highest BCUT2D eigenvalue weighted by Crippen LogP contribution is 2.68. The Hall–Kier alpha value is -2.15. The summed E-state index contributed by atoms with van der Waals surface area (Å²) < 4.78 is 15.7. The van der Waals surface area contributed by atoms with Crippen molar-refractivity contribution < 1.29 is 33.7 Å². The Morgan fingerprint density at radius 3 is 2.18 bits per heavy atom. The van der Waals surface area contributed by atoms with Crippen LogP contribution < -0.4 is 0 Å². The van der Waals surface area contributed by atoms with E-state index in [4.69, 9.17) is 14.2 Å². The number of hydrogen-bond donors (Lipinski definition) is 1. The summed E-state index contributed by atoms with van der Waals surface area (Å²) in [5, 5.41) is 10.8. The van der Waals surface area contributed by atoms with E-state index < -0.39 is 23.5 Å². The van der Waals surface area contributed by atoms with Crippen molar-refractivity contribution >= 4 is 17.9 Å². The van der Waals surface area contributed by atoms with Gasteiger partial charge in [0.05, 0.1) is 19.3 Å². The molecule has 2 aliphatic rings. The highest BCUT2D eigenvalue weighted by Gasteiger charge is 2.69. The highest BCUT2D eigenvalue weighted by atomic mass is 16.5. The second-order valence-electron chi connectivity index (χ2n) is 8.14. The summed E-state index contributed by atoms with van der Waals surface area (Å²) in [7, 11) is 0. The lowest BCUT2D eigenvalue weighted by molar-refractivity contribution is -0.144. The van der Waals surface area contributed by atoms with Crippen LogP contribution in [0.1, 0.15) is 34.1 Å². The summed E-state index contributed by atoms with van der Waals surface area (Å²) in [6.07, 6.45) is -0.287. The number of aliphatic hydroxyl groups excluding tert-OH is 1. The van der Waals surface area contributed by atoms with Crippen LogP contribution in [0, 0.1) is 29.1 Å². The van der Waals surface area contributed by atoms with Crippen molar-refractivity contribution in [3.63, 3.8) is 0 Å². The molecule has 2 rings (SSSR count). The molecule has 6 atom stereocenters. The van der Waals surface area contributed by atoms with Gasteiger partial charge in [-0.2, -0.15) is 0 Å². The van der Waals surface area contributed by atoms with Crippen molar-refractivity contribution in [1.82, 2.24) is 0 Å². The monoisotopic (exact) mass is 394 g/mol. The summed E-state index contributed by atoms with van der Waals surface area (Å²) in [5.74, 6) is -1.88. The van der Waals surface area contributed by atoms with Crippen molar-refractivity contribution in [3.8, 4) is 0 Å². The fraction of sp³-hybridized carbons (Fsp3) is 0.667. The van der Waals surface area contributed by atoms with Crippen LogP contribution in [0.25, 0.3) is 0 Å². The molecule has 0 aromatic heterocycles. The Balaban J connectivity index is 2.34. The SMILES string of the molecule is C=C(COC(C)=O)[C@@H]1[C@@H]2[C@H]([C@H](O)CC(=C)[C@@H]1COC(C)=O)[C@@]2(C)COC(C)=O. The minimum Gasteiger partial charge on any atom is -0.465 e. The van der Waals surface area contributed by atoms with E-state index in [0.29, 0.717) is 12.0 Å². The zero-order chi connectivity index (χ0) is 21.2. The lowest BCUT2D eigenvalue weighted by Gasteiger charge is -2.31. The topological polar surface area (TPSA) is 99.1 Å². The first-order valence-corrected chi connectivity index (χ1v) is 9.42. The van der Waals surface area contributed by atoms with Crippen LogP contribution in [0.15, 0.2) is 24.3 Å². The molecule has 2 fully saturated rings. The molecule has 1 N–H and O–H groups in total. The molecule has 0 aromatic rings. The van der Waals surface area contributed by atoms with Gasteiger partial charge < -0.3 is 19.3 Å². The second kappa shape index (κ2) is 8.47. The van der Waals surface area contributed by atoms with Crippen LogP contribution >= 0.6 is 0 Å².